The largest absolute Gasteiger partial charge is 0.354 e. The highest BCUT2D eigenvalue weighted by Crippen LogP contribution is 2.28. The molecule has 1 heterocycles. The van der Waals surface area contributed by atoms with Crippen molar-refractivity contribution in [1.29, 1.82) is 0 Å². The molecule has 1 aromatic carbocycles. The number of rotatable bonds is 7. The van der Waals surface area contributed by atoms with Gasteiger partial charge in [-0.25, -0.2) is 0 Å². The van der Waals surface area contributed by atoms with Crippen molar-refractivity contribution in [2.24, 2.45) is 4.99 Å². The van der Waals surface area contributed by atoms with Crippen LogP contribution in [0.2, 0.25) is 0 Å². The van der Waals surface area contributed by atoms with Crippen LogP contribution in [0.3, 0.4) is 0 Å². The molecule has 29 heavy (non-hydrogen) atoms. The fourth-order valence-electron chi connectivity index (χ4n) is 4.17. The maximum absolute atomic E-state index is 11.9. The molecular formula is C22H35IN4OS. The molecule has 0 spiro atoms. The van der Waals surface area contributed by atoms with Crippen LogP contribution in [0.4, 0.5) is 0 Å². The second kappa shape index (κ2) is 12.7. The summed E-state index contributed by atoms with van der Waals surface area (Å²) in [5.41, 5.74) is 2.42. The summed E-state index contributed by atoms with van der Waals surface area (Å²) in [7, 11) is 1.84. The number of carbonyl (C=O) groups is 1. The number of hydrogen-bond donors (Lipinski definition) is 2. The lowest BCUT2D eigenvalue weighted by molar-refractivity contribution is -0.128. The molecule has 2 atom stereocenters. The number of benzene rings is 1. The van der Waals surface area contributed by atoms with Gasteiger partial charge in [0.2, 0.25) is 5.91 Å². The zero-order chi connectivity index (χ0) is 19.8. The van der Waals surface area contributed by atoms with Gasteiger partial charge in [0, 0.05) is 44.4 Å². The lowest BCUT2D eigenvalue weighted by Gasteiger charge is -2.30. The van der Waals surface area contributed by atoms with Crippen LogP contribution in [-0.4, -0.2) is 47.4 Å². The van der Waals surface area contributed by atoms with E-state index in [1.54, 1.807) is 0 Å². The van der Waals surface area contributed by atoms with E-state index in [4.69, 9.17) is 0 Å². The summed E-state index contributed by atoms with van der Waals surface area (Å²) in [6.45, 7) is 4.59. The first-order chi connectivity index (χ1) is 13.7. The number of carbonyl (C=O) groups excluding carboxylic acids is 1. The molecule has 0 bridgehead atoms. The molecule has 2 unspecified atom stereocenters. The van der Waals surface area contributed by atoms with E-state index in [0.717, 1.165) is 37.3 Å². The molecule has 2 N–H and O–H groups in total. The number of guanidine groups is 1. The molecule has 5 nitrogen and oxygen atoms in total. The summed E-state index contributed by atoms with van der Waals surface area (Å²) in [6, 6.07) is 9.02. The van der Waals surface area contributed by atoms with Crippen molar-refractivity contribution < 1.29 is 4.79 Å². The molecule has 1 amide bonds. The first-order valence-corrected chi connectivity index (χ1v) is 11.7. The number of likely N-dealkylation sites (tertiary alicyclic amines) is 1. The molecule has 1 aliphatic heterocycles. The predicted octanol–water partition coefficient (Wildman–Crippen LogP) is 4.16. The zero-order valence-electron chi connectivity index (χ0n) is 17.7. The van der Waals surface area contributed by atoms with Gasteiger partial charge in [0.25, 0.3) is 0 Å². The minimum Gasteiger partial charge on any atom is -0.354 e. The highest BCUT2D eigenvalue weighted by molar-refractivity contribution is 14.0. The second-order valence-corrected chi connectivity index (χ2v) is 9.33. The number of aliphatic imine (C=N–C) groups is 1. The Kier molecular flexibility index (Phi) is 10.6. The average Bonchev–Trinajstić information content (AvgIpc) is 3.10. The van der Waals surface area contributed by atoms with Crippen molar-refractivity contribution in [3.63, 3.8) is 0 Å². The maximum Gasteiger partial charge on any atom is 0.222 e. The van der Waals surface area contributed by atoms with Gasteiger partial charge >= 0.3 is 0 Å². The molecule has 1 aromatic rings. The van der Waals surface area contributed by atoms with Gasteiger partial charge < -0.3 is 15.5 Å². The standard InChI is InChI=1S/C22H34N4OS.HI/c1-3-28-20-10-5-9-19(14-20)25-22(23-2)24-15-17-7-4-8-18(13-17)16-26-12-6-11-21(26)27;/h4,7-8,13,19-20H,3,5-6,9-12,14-16H2,1-2H3,(H2,23,24,25);1H. The third kappa shape index (κ3) is 7.66. The Morgan fingerprint density at radius 1 is 1.28 bits per heavy atom. The van der Waals surface area contributed by atoms with Gasteiger partial charge in [-0.05, 0) is 42.6 Å². The Balaban J connectivity index is 0.00000300. The van der Waals surface area contributed by atoms with Gasteiger partial charge in [-0.15, -0.1) is 24.0 Å². The first kappa shape index (κ1) is 24.3. The molecular weight excluding hydrogens is 495 g/mol. The van der Waals surface area contributed by atoms with E-state index < -0.39 is 0 Å². The molecule has 1 saturated carbocycles. The number of hydrogen-bond acceptors (Lipinski definition) is 3. The molecule has 1 saturated heterocycles. The van der Waals surface area contributed by atoms with Crippen LogP contribution in [0.1, 0.15) is 56.6 Å². The van der Waals surface area contributed by atoms with Crippen LogP contribution in [-0.2, 0) is 17.9 Å². The molecule has 2 fully saturated rings. The number of thioether (sulfide) groups is 1. The average molecular weight is 531 g/mol. The summed E-state index contributed by atoms with van der Waals surface area (Å²) in [5, 5.41) is 7.85. The summed E-state index contributed by atoms with van der Waals surface area (Å²) >= 11 is 2.09. The van der Waals surface area contributed by atoms with Crippen LogP contribution >= 0.6 is 35.7 Å². The van der Waals surface area contributed by atoms with Gasteiger partial charge in [0.15, 0.2) is 5.96 Å². The fourth-order valence-corrected chi connectivity index (χ4v) is 5.34. The fraction of sp³-hybridized carbons (Fsp3) is 0.636. The monoisotopic (exact) mass is 530 g/mol. The summed E-state index contributed by atoms with van der Waals surface area (Å²) < 4.78 is 0. The molecule has 1 aliphatic carbocycles. The summed E-state index contributed by atoms with van der Waals surface area (Å²) in [4.78, 5) is 18.2. The van der Waals surface area contributed by atoms with E-state index >= 15 is 0 Å². The van der Waals surface area contributed by atoms with Gasteiger partial charge in [0.1, 0.15) is 0 Å². The van der Waals surface area contributed by atoms with E-state index in [0.29, 0.717) is 12.5 Å². The third-order valence-electron chi connectivity index (χ3n) is 5.59. The Hall–Kier alpha value is -0.960. The lowest BCUT2D eigenvalue weighted by Crippen LogP contribution is -2.45. The number of amides is 1. The smallest absolute Gasteiger partial charge is 0.222 e. The number of nitrogens with zero attached hydrogens (tertiary/aromatic N) is 2. The van der Waals surface area contributed by atoms with E-state index in [-0.39, 0.29) is 29.9 Å². The van der Waals surface area contributed by atoms with Crippen molar-refractivity contribution in [3.8, 4) is 0 Å². The van der Waals surface area contributed by atoms with E-state index in [1.165, 1.54) is 42.6 Å². The van der Waals surface area contributed by atoms with Gasteiger partial charge in [-0.2, -0.15) is 11.8 Å². The van der Waals surface area contributed by atoms with Gasteiger partial charge in [-0.3, -0.25) is 9.79 Å². The van der Waals surface area contributed by atoms with Gasteiger partial charge in [-0.1, -0.05) is 37.6 Å². The van der Waals surface area contributed by atoms with Crippen molar-refractivity contribution in [1.82, 2.24) is 15.5 Å². The van der Waals surface area contributed by atoms with Crippen LogP contribution in [0.5, 0.6) is 0 Å². The van der Waals surface area contributed by atoms with Crippen LogP contribution in [0.25, 0.3) is 0 Å². The maximum atomic E-state index is 11.9. The molecule has 3 rings (SSSR count). The molecule has 0 aromatic heterocycles. The minimum absolute atomic E-state index is 0. The number of nitrogens with one attached hydrogen (secondary N) is 2. The Morgan fingerprint density at radius 2 is 2.10 bits per heavy atom. The van der Waals surface area contributed by atoms with Crippen molar-refractivity contribution in [3.05, 3.63) is 35.4 Å². The Bertz CT molecular complexity index is 683. The van der Waals surface area contributed by atoms with E-state index in [9.17, 15) is 4.79 Å². The highest BCUT2D eigenvalue weighted by atomic mass is 127. The van der Waals surface area contributed by atoms with E-state index in [2.05, 4.69) is 58.6 Å². The summed E-state index contributed by atoms with van der Waals surface area (Å²) in [6.07, 6.45) is 6.76. The highest BCUT2D eigenvalue weighted by Gasteiger charge is 2.22. The zero-order valence-corrected chi connectivity index (χ0v) is 20.8. The summed E-state index contributed by atoms with van der Waals surface area (Å²) in [5.74, 6) is 2.36. The molecule has 0 radical (unpaired) electrons. The Labute approximate surface area is 196 Å². The van der Waals surface area contributed by atoms with Crippen LogP contribution in [0.15, 0.2) is 29.3 Å². The predicted molar refractivity (Wildman–Crippen MR) is 134 cm³/mol. The quantitative estimate of drug-likeness (QED) is 0.316. The topological polar surface area (TPSA) is 56.7 Å². The second-order valence-electron chi connectivity index (χ2n) is 7.75. The van der Waals surface area contributed by atoms with Crippen molar-refractivity contribution >= 4 is 47.6 Å². The third-order valence-corrected chi connectivity index (χ3v) is 6.82. The SMILES string of the molecule is CCSC1CCCC(NC(=NC)NCc2cccc(CN3CCCC3=O)c2)C1.I. The van der Waals surface area contributed by atoms with E-state index in [1.807, 2.05) is 11.9 Å². The van der Waals surface area contributed by atoms with Gasteiger partial charge in [0.05, 0.1) is 0 Å². The minimum atomic E-state index is 0. The lowest BCUT2D eigenvalue weighted by atomic mass is 9.95. The van der Waals surface area contributed by atoms with Crippen molar-refractivity contribution in [2.45, 2.75) is 69.8 Å². The van der Waals surface area contributed by atoms with Crippen LogP contribution < -0.4 is 10.6 Å². The molecule has 7 heteroatoms. The van der Waals surface area contributed by atoms with Crippen LogP contribution in [0, 0.1) is 0 Å². The number of halogens is 1. The molecule has 2 aliphatic rings. The van der Waals surface area contributed by atoms with Crippen molar-refractivity contribution in [2.75, 3.05) is 19.3 Å². The Morgan fingerprint density at radius 3 is 2.83 bits per heavy atom. The first-order valence-electron chi connectivity index (χ1n) is 10.6. The normalized spacial score (nSPS) is 22.3. The molecule has 162 valence electrons.